The summed E-state index contributed by atoms with van der Waals surface area (Å²) < 4.78 is 0. The van der Waals surface area contributed by atoms with Gasteiger partial charge in [0.25, 0.3) is 0 Å². The molecule has 3 aliphatic rings. The van der Waals surface area contributed by atoms with Crippen LogP contribution in [0.5, 0.6) is 0 Å². The molecule has 0 aromatic heterocycles. The van der Waals surface area contributed by atoms with E-state index in [1.165, 1.54) is 25.0 Å². The number of fused-ring (bicyclic) bond motifs is 1. The summed E-state index contributed by atoms with van der Waals surface area (Å²) in [5, 5.41) is 7.57. The van der Waals surface area contributed by atoms with E-state index in [9.17, 15) is 4.79 Å². The van der Waals surface area contributed by atoms with Gasteiger partial charge in [-0.15, -0.1) is 0 Å². The molecule has 2 atom stereocenters. The van der Waals surface area contributed by atoms with E-state index < -0.39 is 0 Å². The molecule has 0 spiro atoms. The van der Waals surface area contributed by atoms with E-state index in [1.54, 1.807) is 0 Å². The molecular weight excluding hydrogens is 246 g/mol. The first kappa shape index (κ1) is 12.3. The minimum Gasteiger partial charge on any atom is -0.362 e. The molecule has 0 radical (unpaired) electrons. The summed E-state index contributed by atoms with van der Waals surface area (Å²) in [6.07, 6.45) is 6.16. The first-order valence-corrected chi connectivity index (χ1v) is 8.03. The van der Waals surface area contributed by atoms with Gasteiger partial charge in [-0.2, -0.15) is 0 Å². The Hall–Kier alpha value is -0.710. The Morgan fingerprint density at radius 1 is 1.39 bits per heavy atom. The molecule has 4 nitrogen and oxygen atoms in total. The number of amidine groups is 1. The van der Waals surface area contributed by atoms with E-state index in [2.05, 4.69) is 15.6 Å². The maximum absolute atomic E-state index is 11.4. The standard InChI is InChI=1S/C13H21N3OS/c17-12(9-4-5-9)14-6-7-15-13-16-11-3-1-2-10(11)8-18-13/h9-11H,1-8H2,(H,14,17)(H,15,16). The SMILES string of the molecule is O=C(NCCN=C1NC2CCCC2CS1)C1CC1. The number of amides is 1. The van der Waals surface area contributed by atoms with Crippen LogP contribution in [0, 0.1) is 11.8 Å². The van der Waals surface area contributed by atoms with Gasteiger partial charge in [-0.05, 0) is 31.6 Å². The zero-order valence-corrected chi connectivity index (χ0v) is 11.5. The van der Waals surface area contributed by atoms with Crippen molar-refractivity contribution >= 4 is 22.8 Å². The molecule has 1 amide bonds. The minimum atomic E-state index is 0.218. The van der Waals surface area contributed by atoms with Gasteiger partial charge in [0.2, 0.25) is 5.91 Å². The molecule has 0 aromatic carbocycles. The molecule has 100 valence electrons. The summed E-state index contributed by atoms with van der Waals surface area (Å²) in [7, 11) is 0. The zero-order chi connectivity index (χ0) is 12.4. The first-order chi connectivity index (χ1) is 8.83. The summed E-state index contributed by atoms with van der Waals surface area (Å²) in [6.45, 7) is 1.38. The second kappa shape index (κ2) is 5.51. The predicted molar refractivity (Wildman–Crippen MR) is 74.8 cm³/mol. The fourth-order valence-electron chi connectivity index (χ4n) is 2.73. The molecule has 3 rings (SSSR count). The average molecular weight is 267 g/mol. The molecule has 1 heterocycles. The highest BCUT2D eigenvalue weighted by atomic mass is 32.2. The number of hydrogen-bond acceptors (Lipinski definition) is 3. The number of thioether (sulfide) groups is 1. The molecule has 18 heavy (non-hydrogen) atoms. The highest BCUT2D eigenvalue weighted by molar-refractivity contribution is 8.13. The van der Waals surface area contributed by atoms with Crippen LogP contribution in [0.4, 0.5) is 0 Å². The van der Waals surface area contributed by atoms with Crippen molar-refractivity contribution in [1.29, 1.82) is 0 Å². The molecule has 2 aliphatic carbocycles. The van der Waals surface area contributed by atoms with Crippen molar-refractivity contribution in [2.24, 2.45) is 16.8 Å². The van der Waals surface area contributed by atoms with E-state index in [-0.39, 0.29) is 5.91 Å². The number of carbonyl (C=O) groups is 1. The third-order valence-corrected chi connectivity index (χ3v) is 5.13. The first-order valence-electron chi connectivity index (χ1n) is 7.04. The van der Waals surface area contributed by atoms with E-state index >= 15 is 0 Å². The lowest BCUT2D eigenvalue weighted by atomic mass is 10.1. The van der Waals surface area contributed by atoms with Crippen molar-refractivity contribution in [2.75, 3.05) is 18.8 Å². The fourth-order valence-corrected chi connectivity index (χ4v) is 3.92. The number of rotatable bonds is 4. The Morgan fingerprint density at radius 2 is 2.28 bits per heavy atom. The average Bonchev–Trinajstić information content (AvgIpc) is 3.13. The van der Waals surface area contributed by atoms with Gasteiger partial charge >= 0.3 is 0 Å². The molecule has 2 N–H and O–H groups in total. The van der Waals surface area contributed by atoms with Crippen LogP contribution in [-0.2, 0) is 4.79 Å². The number of aliphatic imine (C=N–C) groups is 1. The summed E-state index contributed by atoms with van der Waals surface area (Å²) in [4.78, 5) is 16.0. The van der Waals surface area contributed by atoms with E-state index in [0.717, 1.165) is 23.9 Å². The summed E-state index contributed by atoms with van der Waals surface area (Å²) in [5.74, 6) is 2.59. The summed E-state index contributed by atoms with van der Waals surface area (Å²) in [5.41, 5.74) is 0. The molecule has 1 saturated heterocycles. The van der Waals surface area contributed by atoms with Crippen molar-refractivity contribution in [3.63, 3.8) is 0 Å². The topological polar surface area (TPSA) is 53.5 Å². The van der Waals surface area contributed by atoms with Crippen LogP contribution in [0.25, 0.3) is 0 Å². The number of carbonyl (C=O) groups excluding carboxylic acids is 1. The molecule has 3 fully saturated rings. The van der Waals surface area contributed by atoms with Crippen LogP contribution in [0.3, 0.4) is 0 Å². The smallest absolute Gasteiger partial charge is 0.223 e. The van der Waals surface area contributed by atoms with Crippen LogP contribution >= 0.6 is 11.8 Å². The van der Waals surface area contributed by atoms with Gasteiger partial charge in [0.1, 0.15) is 0 Å². The lowest BCUT2D eigenvalue weighted by Gasteiger charge is -2.28. The molecule has 2 unspecified atom stereocenters. The highest BCUT2D eigenvalue weighted by Gasteiger charge is 2.32. The van der Waals surface area contributed by atoms with Gasteiger partial charge in [0.15, 0.2) is 5.17 Å². The van der Waals surface area contributed by atoms with Crippen molar-refractivity contribution in [3.8, 4) is 0 Å². The molecule has 2 saturated carbocycles. The predicted octanol–water partition coefficient (Wildman–Crippen LogP) is 1.37. The second-order valence-electron chi connectivity index (χ2n) is 5.50. The number of nitrogens with one attached hydrogen (secondary N) is 2. The number of nitrogens with zero attached hydrogens (tertiary/aromatic N) is 1. The van der Waals surface area contributed by atoms with Crippen LogP contribution in [-0.4, -0.2) is 36.0 Å². The Labute approximate surface area is 112 Å². The Balaban J connectivity index is 1.38. The second-order valence-corrected chi connectivity index (χ2v) is 6.51. The Morgan fingerprint density at radius 3 is 3.11 bits per heavy atom. The summed E-state index contributed by atoms with van der Waals surface area (Å²) in [6, 6.07) is 0.658. The van der Waals surface area contributed by atoms with Crippen molar-refractivity contribution < 1.29 is 4.79 Å². The highest BCUT2D eigenvalue weighted by Crippen LogP contribution is 2.32. The van der Waals surface area contributed by atoms with Gasteiger partial charge < -0.3 is 10.6 Å². The van der Waals surface area contributed by atoms with Crippen LogP contribution < -0.4 is 10.6 Å². The quantitative estimate of drug-likeness (QED) is 0.757. The van der Waals surface area contributed by atoms with Gasteiger partial charge in [-0.3, -0.25) is 9.79 Å². The molecule has 0 bridgehead atoms. The van der Waals surface area contributed by atoms with E-state index in [1.807, 2.05) is 11.8 Å². The summed E-state index contributed by atoms with van der Waals surface area (Å²) >= 11 is 1.84. The van der Waals surface area contributed by atoms with Crippen molar-refractivity contribution in [3.05, 3.63) is 0 Å². The van der Waals surface area contributed by atoms with Gasteiger partial charge in [-0.25, -0.2) is 0 Å². The lowest BCUT2D eigenvalue weighted by Crippen LogP contribution is -2.41. The van der Waals surface area contributed by atoms with Crippen LogP contribution in [0.1, 0.15) is 32.1 Å². The van der Waals surface area contributed by atoms with Crippen LogP contribution in [0.15, 0.2) is 4.99 Å². The van der Waals surface area contributed by atoms with E-state index in [0.29, 0.717) is 25.0 Å². The third kappa shape index (κ3) is 2.99. The lowest BCUT2D eigenvalue weighted by molar-refractivity contribution is -0.122. The normalized spacial score (nSPS) is 33.0. The zero-order valence-electron chi connectivity index (χ0n) is 10.7. The maximum atomic E-state index is 11.4. The van der Waals surface area contributed by atoms with Gasteiger partial charge in [0.05, 0.1) is 6.54 Å². The fraction of sp³-hybridized carbons (Fsp3) is 0.846. The van der Waals surface area contributed by atoms with Gasteiger partial charge in [0, 0.05) is 24.3 Å². The van der Waals surface area contributed by atoms with Gasteiger partial charge in [-0.1, -0.05) is 18.2 Å². The Bertz CT molecular complexity index is 354. The molecular formula is C13H21N3OS. The van der Waals surface area contributed by atoms with E-state index in [4.69, 9.17) is 0 Å². The monoisotopic (exact) mass is 267 g/mol. The molecule has 0 aromatic rings. The molecule has 1 aliphatic heterocycles. The molecule has 5 heteroatoms. The van der Waals surface area contributed by atoms with Crippen LogP contribution in [0.2, 0.25) is 0 Å². The number of hydrogen-bond donors (Lipinski definition) is 2. The maximum Gasteiger partial charge on any atom is 0.223 e. The third-order valence-electron chi connectivity index (χ3n) is 4.02. The minimum absolute atomic E-state index is 0.218. The Kier molecular flexibility index (Phi) is 3.77. The van der Waals surface area contributed by atoms with Crippen molar-refractivity contribution in [2.45, 2.75) is 38.1 Å². The van der Waals surface area contributed by atoms with Crippen molar-refractivity contribution in [1.82, 2.24) is 10.6 Å². The largest absolute Gasteiger partial charge is 0.362 e.